The Morgan fingerprint density at radius 1 is 1.12 bits per heavy atom. The molecular formula is C17H18N3O3S2+. The van der Waals surface area contributed by atoms with E-state index in [-0.39, 0.29) is 12.5 Å². The molecule has 130 valence electrons. The Balaban J connectivity index is 1.67. The minimum atomic E-state index is -0.546. The van der Waals surface area contributed by atoms with Crippen molar-refractivity contribution in [2.24, 2.45) is 5.73 Å². The van der Waals surface area contributed by atoms with Gasteiger partial charge in [0.1, 0.15) is 18.1 Å². The largest absolute Gasteiger partial charge is 0.463 e. The summed E-state index contributed by atoms with van der Waals surface area (Å²) in [6.07, 6.45) is 1.63. The molecule has 0 saturated heterocycles. The first-order valence-electron chi connectivity index (χ1n) is 7.67. The van der Waals surface area contributed by atoms with E-state index in [1.165, 1.54) is 16.2 Å². The number of nitrogens with two attached hydrogens (primary N) is 1. The zero-order valence-corrected chi connectivity index (χ0v) is 15.0. The molecule has 0 aliphatic carbocycles. The molecule has 3 heterocycles. The summed E-state index contributed by atoms with van der Waals surface area (Å²) in [6.45, 7) is 1.58. The van der Waals surface area contributed by atoms with E-state index in [9.17, 15) is 9.59 Å². The minimum absolute atomic E-state index is 0.164. The molecule has 3 aromatic heterocycles. The first kappa shape index (κ1) is 17.4. The molecule has 1 unspecified atom stereocenters. The molecular weight excluding hydrogens is 358 g/mol. The van der Waals surface area contributed by atoms with Crippen molar-refractivity contribution in [3.63, 3.8) is 0 Å². The number of nitrogens with one attached hydrogen (secondary N) is 2. The van der Waals surface area contributed by atoms with Crippen LogP contribution in [-0.2, 0) is 17.9 Å². The highest BCUT2D eigenvalue weighted by Crippen LogP contribution is 2.22. The number of amides is 2. The molecule has 0 fully saturated rings. The molecule has 8 heteroatoms. The number of thiophene rings is 2. The maximum Gasteiger partial charge on any atom is 0.280 e. The molecule has 4 N–H and O–H groups in total. The van der Waals surface area contributed by atoms with Crippen LogP contribution < -0.4 is 16.0 Å². The molecule has 0 radical (unpaired) electrons. The smallest absolute Gasteiger partial charge is 0.280 e. The maximum atomic E-state index is 12.4. The molecule has 0 aliphatic rings. The molecule has 25 heavy (non-hydrogen) atoms. The average Bonchev–Trinajstić information content (AvgIpc) is 3.28. The van der Waals surface area contributed by atoms with Crippen LogP contribution >= 0.6 is 22.7 Å². The van der Waals surface area contributed by atoms with Crippen molar-refractivity contribution in [1.82, 2.24) is 0 Å². The van der Waals surface area contributed by atoms with E-state index in [0.29, 0.717) is 17.1 Å². The molecule has 2 amide bonds. The van der Waals surface area contributed by atoms with Crippen molar-refractivity contribution >= 4 is 39.5 Å². The van der Waals surface area contributed by atoms with Gasteiger partial charge in [0.15, 0.2) is 12.3 Å². The minimum Gasteiger partial charge on any atom is -0.463 e. The molecule has 0 aliphatic heterocycles. The predicted octanol–water partition coefficient (Wildman–Crippen LogP) is 1.73. The number of hydrogen-bond donors (Lipinski definition) is 3. The molecule has 0 saturated carbocycles. The lowest BCUT2D eigenvalue weighted by Crippen LogP contribution is -3.10. The molecule has 6 nitrogen and oxygen atoms in total. The lowest BCUT2D eigenvalue weighted by molar-refractivity contribution is -0.920. The summed E-state index contributed by atoms with van der Waals surface area (Å²) in [5, 5.41) is 7.03. The van der Waals surface area contributed by atoms with Crippen molar-refractivity contribution in [1.29, 1.82) is 0 Å². The summed E-state index contributed by atoms with van der Waals surface area (Å²) in [4.78, 5) is 26.1. The molecule has 0 bridgehead atoms. The highest BCUT2D eigenvalue weighted by molar-refractivity contribution is 7.14. The van der Waals surface area contributed by atoms with E-state index in [0.717, 1.165) is 17.2 Å². The van der Waals surface area contributed by atoms with E-state index in [2.05, 4.69) is 11.4 Å². The van der Waals surface area contributed by atoms with Crippen LogP contribution in [0.25, 0.3) is 0 Å². The summed E-state index contributed by atoms with van der Waals surface area (Å²) >= 11 is 2.95. The standard InChI is InChI=1S/C17H17N3O3S2/c18-16(22)14-5-8-25-17(14)19-15(21)11-20(9-12-3-1-6-23-12)10-13-4-2-7-24-13/h1-8H,9-11H2,(H2,18,22)(H,19,21)/p+1. The lowest BCUT2D eigenvalue weighted by atomic mass is 10.3. The zero-order valence-electron chi connectivity index (χ0n) is 13.4. The van der Waals surface area contributed by atoms with Crippen LogP contribution in [0, 0.1) is 0 Å². The first-order valence-corrected chi connectivity index (χ1v) is 9.43. The van der Waals surface area contributed by atoms with Crippen LogP contribution in [0.5, 0.6) is 0 Å². The Labute approximate surface area is 152 Å². The Morgan fingerprint density at radius 2 is 2.00 bits per heavy atom. The van der Waals surface area contributed by atoms with Gasteiger partial charge in [-0.3, -0.25) is 9.59 Å². The summed E-state index contributed by atoms with van der Waals surface area (Å²) in [6, 6.07) is 9.39. The monoisotopic (exact) mass is 376 g/mol. The van der Waals surface area contributed by atoms with E-state index in [1.807, 2.05) is 23.6 Å². The van der Waals surface area contributed by atoms with Gasteiger partial charge in [-0.25, -0.2) is 0 Å². The van der Waals surface area contributed by atoms with Gasteiger partial charge < -0.3 is 20.4 Å². The van der Waals surface area contributed by atoms with Gasteiger partial charge in [0.2, 0.25) is 0 Å². The van der Waals surface area contributed by atoms with Crippen LogP contribution in [0.15, 0.2) is 51.8 Å². The zero-order chi connectivity index (χ0) is 17.6. The third-order valence-electron chi connectivity index (χ3n) is 3.60. The molecule has 0 aromatic carbocycles. The fraction of sp³-hybridized carbons (Fsp3) is 0.176. The lowest BCUT2D eigenvalue weighted by Gasteiger charge is -2.17. The predicted molar refractivity (Wildman–Crippen MR) is 97.7 cm³/mol. The number of anilines is 1. The van der Waals surface area contributed by atoms with Crippen molar-refractivity contribution in [2.75, 3.05) is 11.9 Å². The highest BCUT2D eigenvalue weighted by Gasteiger charge is 2.19. The van der Waals surface area contributed by atoms with E-state index < -0.39 is 5.91 Å². The number of carbonyl (C=O) groups excluding carboxylic acids is 2. The van der Waals surface area contributed by atoms with E-state index in [1.54, 1.807) is 29.0 Å². The quantitative estimate of drug-likeness (QED) is 0.559. The maximum absolute atomic E-state index is 12.4. The number of primary amides is 1. The Morgan fingerprint density at radius 3 is 2.68 bits per heavy atom. The number of hydrogen-bond acceptors (Lipinski definition) is 5. The van der Waals surface area contributed by atoms with Gasteiger partial charge in [0, 0.05) is 0 Å². The Bertz CT molecular complexity index is 789. The summed E-state index contributed by atoms with van der Waals surface area (Å²) in [5.41, 5.74) is 5.65. The van der Waals surface area contributed by atoms with Crippen LogP contribution in [0.2, 0.25) is 0 Å². The summed E-state index contributed by atoms with van der Waals surface area (Å²) in [5.74, 6) is 0.117. The van der Waals surface area contributed by atoms with Gasteiger partial charge >= 0.3 is 0 Å². The van der Waals surface area contributed by atoms with Gasteiger partial charge in [-0.1, -0.05) is 6.07 Å². The Hall–Kier alpha value is -2.42. The first-order chi connectivity index (χ1) is 12.1. The number of quaternary nitrogens is 1. The van der Waals surface area contributed by atoms with Gasteiger partial charge in [-0.15, -0.1) is 22.7 Å². The van der Waals surface area contributed by atoms with Gasteiger partial charge in [0.05, 0.1) is 16.7 Å². The Kier molecular flexibility index (Phi) is 5.64. The van der Waals surface area contributed by atoms with Crippen LogP contribution in [-0.4, -0.2) is 18.4 Å². The molecule has 0 spiro atoms. The summed E-state index contributed by atoms with van der Waals surface area (Å²) in [7, 11) is 0. The van der Waals surface area contributed by atoms with Crippen molar-refractivity contribution in [3.8, 4) is 0 Å². The van der Waals surface area contributed by atoms with Crippen LogP contribution in [0.3, 0.4) is 0 Å². The van der Waals surface area contributed by atoms with Gasteiger partial charge in [-0.05, 0) is 35.0 Å². The molecule has 1 atom stereocenters. The SMILES string of the molecule is NC(=O)c1ccsc1NC(=O)C[NH+](Cc1ccco1)Cc1cccs1. The topological polar surface area (TPSA) is 89.8 Å². The molecule has 3 rings (SSSR count). The van der Waals surface area contributed by atoms with Gasteiger partial charge in [0.25, 0.3) is 11.8 Å². The van der Waals surface area contributed by atoms with E-state index in [4.69, 9.17) is 10.2 Å². The van der Waals surface area contributed by atoms with Crippen molar-refractivity contribution in [2.45, 2.75) is 13.1 Å². The van der Waals surface area contributed by atoms with Crippen LogP contribution in [0.1, 0.15) is 21.0 Å². The fourth-order valence-electron chi connectivity index (χ4n) is 2.50. The summed E-state index contributed by atoms with van der Waals surface area (Å²) < 4.78 is 5.41. The number of rotatable bonds is 8. The van der Waals surface area contributed by atoms with Crippen molar-refractivity contribution < 1.29 is 18.9 Å². The highest BCUT2D eigenvalue weighted by atomic mass is 32.1. The van der Waals surface area contributed by atoms with E-state index >= 15 is 0 Å². The second kappa shape index (κ2) is 8.11. The second-order valence-electron chi connectivity index (χ2n) is 5.51. The van der Waals surface area contributed by atoms with Crippen LogP contribution in [0.4, 0.5) is 5.00 Å². The van der Waals surface area contributed by atoms with Gasteiger partial charge in [-0.2, -0.15) is 0 Å². The third kappa shape index (κ3) is 4.79. The normalized spacial score (nSPS) is 12.0. The average molecular weight is 376 g/mol. The van der Waals surface area contributed by atoms with Crippen molar-refractivity contribution in [3.05, 3.63) is 63.6 Å². The fourth-order valence-corrected chi connectivity index (χ4v) is 4.09. The second-order valence-corrected chi connectivity index (χ2v) is 7.46. The molecule has 3 aromatic rings. The number of furan rings is 1. The number of carbonyl (C=O) groups is 2. The third-order valence-corrected chi connectivity index (χ3v) is 5.31.